The molecule has 0 atom stereocenters. The van der Waals surface area contributed by atoms with Crippen molar-refractivity contribution in [3.05, 3.63) is 59.7 Å². The summed E-state index contributed by atoms with van der Waals surface area (Å²) in [4.78, 5) is 12.2. The number of rotatable bonds is 9. The van der Waals surface area contributed by atoms with Crippen molar-refractivity contribution < 1.29 is 17.9 Å². The van der Waals surface area contributed by atoms with E-state index in [9.17, 15) is 13.2 Å². The van der Waals surface area contributed by atoms with Crippen molar-refractivity contribution in [3.63, 3.8) is 0 Å². The molecule has 0 saturated heterocycles. The number of hydrogen-bond donors (Lipinski definition) is 1. The number of likely N-dealkylation sites (N-methyl/N-ethyl adjacent to an activating group) is 1. The third-order valence-electron chi connectivity index (χ3n) is 4.19. The minimum absolute atomic E-state index is 0.182. The van der Waals surface area contributed by atoms with Crippen LogP contribution < -0.4 is 10.1 Å². The first kappa shape index (κ1) is 20.9. The number of ether oxygens (including phenoxy) is 1. The van der Waals surface area contributed by atoms with Gasteiger partial charge in [-0.25, -0.2) is 8.42 Å². The normalized spacial score (nSPS) is 11.4. The summed E-state index contributed by atoms with van der Waals surface area (Å²) in [6, 6.07) is 14.3. The van der Waals surface area contributed by atoms with Crippen molar-refractivity contribution in [1.29, 1.82) is 0 Å². The maximum atomic E-state index is 12.5. The first-order valence-corrected chi connectivity index (χ1v) is 10.2. The molecule has 1 amide bonds. The average Bonchev–Trinajstić information content (AvgIpc) is 2.65. The molecular weight excluding hydrogens is 364 g/mol. The molecule has 2 aromatic rings. The van der Waals surface area contributed by atoms with E-state index in [1.807, 2.05) is 31.2 Å². The van der Waals surface area contributed by atoms with Crippen molar-refractivity contribution in [1.82, 2.24) is 9.62 Å². The van der Waals surface area contributed by atoms with Gasteiger partial charge in [-0.2, -0.15) is 4.31 Å². The first-order chi connectivity index (χ1) is 12.8. The Bertz CT molecular complexity index is 864. The molecule has 146 valence electrons. The third kappa shape index (κ3) is 6.08. The zero-order valence-corrected chi connectivity index (χ0v) is 16.8. The predicted octanol–water partition coefficient (Wildman–Crippen LogP) is 2.37. The minimum Gasteiger partial charge on any atom is -0.497 e. The van der Waals surface area contributed by atoms with E-state index in [-0.39, 0.29) is 17.3 Å². The highest BCUT2D eigenvalue weighted by Crippen LogP contribution is 2.15. The Kier molecular flexibility index (Phi) is 7.38. The van der Waals surface area contributed by atoms with Crippen molar-refractivity contribution in [3.8, 4) is 5.75 Å². The number of carbonyl (C=O) groups excluding carboxylic acids is 1. The Morgan fingerprint density at radius 1 is 1.15 bits per heavy atom. The molecule has 2 aromatic carbocycles. The summed E-state index contributed by atoms with van der Waals surface area (Å²) in [5, 5.41) is 2.77. The maximum Gasteiger partial charge on any atom is 0.243 e. The molecule has 7 heteroatoms. The van der Waals surface area contributed by atoms with Crippen LogP contribution in [0.2, 0.25) is 0 Å². The zero-order valence-electron chi connectivity index (χ0n) is 15.9. The summed E-state index contributed by atoms with van der Waals surface area (Å²) in [5.74, 6) is 0.485. The number of methoxy groups -OCH3 is 1. The maximum absolute atomic E-state index is 12.5. The standard InChI is InChI=1S/C20H26N2O4S/c1-16-9-11-19(12-10-16)27(24,25)22(2)15-20(23)21-13-5-7-17-6-4-8-18(14-17)26-3/h4,6,8-12,14H,5,7,13,15H2,1-3H3,(H,21,23). The molecule has 27 heavy (non-hydrogen) atoms. The van der Waals surface area contributed by atoms with E-state index in [1.165, 1.54) is 7.05 Å². The van der Waals surface area contributed by atoms with Crippen LogP contribution in [0.15, 0.2) is 53.4 Å². The van der Waals surface area contributed by atoms with E-state index >= 15 is 0 Å². The van der Waals surface area contributed by atoms with Gasteiger partial charge in [-0.05, 0) is 49.6 Å². The van der Waals surface area contributed by atoms with Crippen LogP contribution in [0.4, 0.5) is 0 Å². The van der Waals surface area contributed by atoms with Gasteiger partial charge in [-0.3, -0.25) is 4.79 Å². The molecule has 0 unspecified atom stereocenters. The lowest BCUT2D eigenvalue weighted by Gasteiger charge is -2.17. The fraction of sp³-hybridized carbons (Fsp3) is 0.350. The number of sulfonamides is 1. The molecule has 0 bridgehead atoms. The van der Waals surface area contributed by atoms with Gasteiger partial charge >= 0.3 is 0 Å². The second-order valence-corrected chi connectivity index (χ2v) is 8.42. The van der Waals surface area contributed by atoms with Crippen molar-refractivity contribution >= 4 is 15.9 Å². The highest BCUT2D eigenvalue weighted by atomic mass is 32.2. The lowest BCUT2D eigenvalue weighted by atomic mass is 10.1. The molecule has 2 rings (SSSR count). The van der Waals surface area contributed by atoms with Gasteiger partial charge in [-0.15, -0.1) is 0 Å². The van der Waals surface area contributed by atoms with E-state index in [4.69, 9.17) is 4.74 Å². The minimum atomic E-state index is -3.67. The fourth-order valence-corrected chi connectivity index (χ4v) is 3.71. The van der Waals surface area contributed by atoms with Crippen LogP contribution in [0.3, 0.4) is 0 Å². The first-order valence-electron chi connectivity index (χ1n) is 8.75. The zero-order chi connectivity index (χ0) is 19.9. The van der Waals surface area contributed by atoms with E-state index in [0.29, 0.717) is 6.54 Å². The number of nitrogens with one attached hydrogen (secondary N) is 1. The summed E-state index contributed by atoms with van der Waals surface area (Å²) >= 11 is 0. The van der Waals surface area contributed by atoms with Gasteiger partial charge in [0.2, 0.25) is 15.9 Å². The van der Waals surface area contributed by atoms with E-state index < -0.39 is 10.0 Å². The van der Waals surface area contributed by atoms with Crippen LogP contribution in [0, 0.1) is 6.92 Å². The fourth-order valence-electron chi connectivity index (χ4n) is 2.58. The van der Waals surface area contributed by atoms with Crippen LogP contribution >= 0.6 is 0 Å². The van der Waals surface area contributed by atoms with Crippen LogP contribution in [0.1, 0.15) is 17.5 Å². The summed E-state index contributed by atoms with van der Waals surface area (Å²) in [6.45, 7) is 2.16. The van der Waals surface area contributed by atoms with Gasteiger partial charge in [0.1, 0.15) is 5.75 Å². The number of nitrogens with zero attached hydrogens (tertiary/aromatic N) is 1. The molecule has 0 fully saturated rings. The van der Waals surface area contributed by atoms with Gasteiger partial charge in [-0.1, -0.05) is 29.8 Å². The second kappa shape index (κ2) is 9.53. The summed E-state index contributed by atoms with van der Waals surface area (Å²) in [5.41, 5.74) is 2.10. The molecule has 0 aliphatic rings. The Balaban J connectivity index is 1.80. The average molecular weight is 391 g/mol. The molecule has 0 aromatic heterocycles. The molecule has 0 saturated carbocycles. The molecular formula is C20H26N2O4S. The molecule has 0 aliphatic carbocycles. The Morgan fingerprint density at radius 3 is 2.52 bits per heavy atom. The highest BCUT2D eigenvalue weighted by Gasteiger charge is 2.22. The largest absolute Gasteiger partial charge is 0.497 e. The SMILES string of the molecule is COc1cccc(CCCNC(=O)CN(C)S(=O)(=O)c2ccc(C)cc2)c1. The molecule has 0 heterocycles. The Labute approximate surface area is 161 Å². The molecule has 1 N–H and O–H groups in total. The smallest absolute Gasteiger partial charge is 0.243 e. The summed E-state index contributed by atoms with van der Waals surface area (Å²) < 4.78 is 31.2. The predicted molar refractivity (Wildman–Crippen MR) is 105 cm³/mol. The lowest BCUT2D eigenvalue weighted by molar-refractivity contribution is -0.121. The van der Waals surface area contributed by atoms with Crippen molar-refractivity contribution in [2.75, 3.05) is 27.2 Å². The van der Waals surface area contributed by atoms with E-state index in [0.717, 1.165) is 34.0 Å². The number of amides is 1. The van der Waals surface area contributed by atoms with Gasteiger partial charge in [0, 0.05) is 13.6 Å². The van der Waals surface area contributed by atoms with Gasteiger partial charge in [0.15, 0.2) is 0 Å². The van der Waals surface area contributed by atoms with Crippen molar-refractivity contribution in [2.24, 2.45) is 0 Å². The van der Waals surface area contributed by atoms with Crippen LogP contribution in [-0.4, -0.2) is 45.9 Å². The number of hydrogen-bond acceptors (Lipinski definition) is 4. The molecule has 0 radical (unpaired) electrons. The van der Waals surface area contributed by atoms with Gasteiger partial charge in [0.25, 0.3) is 0 Å². The monoisotopic (exact) mass is 390 g/mol. The van der Waals surface area contributed by atoms with Crippen molar-refractivity contribution in [2.45, 2.75) is 24.7 Å². The summed E-state index contributed by atoms with van der Waals surface area (Å²) in [7, 11) is -0.640. The highest BCUT2D eigenvalue weighted by molar-refractivity contribution is 7.89. The molecule has 6 nitrogen and oxygen atoms in total. The second-order valence-electron chi connectivity index (χ2n) is 6.38. The van der Waals surface area contributed by atoms with Crippen LogP contribution in [0.25, 0.3) is 0 Å². The molecule has 0 spiro atoms. The van der Waals surface area contributed by atoms with Gasteiger partial charge < -0.3 is 10.1 Å². The Morgan fingerprint density at radius 2 is 1.85 bits per heavy atom. The topological polar surface area (TPSA) is 75.7 Å². The third-order valence-corrected chi connectivity index (χ3v) is 6.01. The number of benzene rings is 2. The van der Waals surface area contributed by atoms with Crippen LogP contribution in [-0.2, 0) is 21.2 Å². The Hall–Kier alpha value is -2.38. The summed E-state index contributed by atoms with van der Waals surface area (Å²) in [6.07, 6.45) is 1.56. The quantitative estimate of drug-likeness (QED) is 0.667. The lowest BCUT2D eigenvalue weighted by Crippen LogP contribution is -2.38. The van der Waals surface area contributed by atoms with Crippen LogP contribution in [0.5, 0.6) is 5.75 Å². The van der Waals surface area contributed by atoms with E-state index in [1.54, 1.807) is 31.4 Å². The molecule has 0 aliphatic heterocycles. The number of carbonyl (C=O) groups is 1. The van der Waals surface area contributed by atoms with E-state index in [2.05, 4.69) is 5.32 Å². The van der Waals surface area contributed by atoms with Gasteiger partial charge in [0.05, 0.1) is 18.6 Å². The number of aryl methyl sites for hydroxylation is 2.